The zero-order chi connectivity index (χ0) is 18.8. The number of nitrogens with zero attached hydrogens (tertiary/aromatic N) is 1. The minimum Gasteiger partial charge on any atom is -0.302 e. The molecule has 1 aliphatic rings. The molecule has 1 saturated carbocycles. The molecule has 1 fully saturated rings. The molecule has 0 aliphatic heterocycles. The van der Waals surface area contributed by atoms with Crippen LogP contribution in [-0.4, -0.2) is 28.7 Å². The Labute approximate surface area is 160 Å². The summed E-state index contributed by atoms with van der Waals surface area (Å²) in [6.07, 6.45) is 6.80. The number of hydrazine groups is 1. The summed E-state index contributed by atoms with van der Waals surface area (Å²) in [6.45, 7) is 2.48. The number of carbonyl (C=O) groups is 2. The molecule has 0 atom stereocenters. The van der Waals surface area contributed by atoms with Crippen LogP contribution >= 0.6 is 12.2 Å². The van der Waals surface area contributed by atoms with Crippen molar-refractivity contribution in [2.75, 3.05) is 6.61 Å². The van der Waals surface area contributed by atoms with E-state index in [1.54, 1.807) is 24.3 Å². The fourth-order valence-electron chi connectivity index (χ4n) is 2.87. The van der Waals surface area contributed by atoms with Gasteiger partial charge in [-0.3, -0.25) is 14.4 Å². The molecule has 1 aromatic rings. The first-order valence-electron chi connectivity index (χ1n) is 9.25. The molecular weight excluding hydrogens is 350 g/mol. The molecule has 2 N–H and O–H groups in total. The molecule has 0 unspecified atom stereocenters. The summed E-state index contributed by atoms with van der Waals surface area (Å²) < 4.78 is 0. The lowest BCUT2D eigenvalue weighted by Gasteiger charge is -2.24. The Bertz CT molecular complexity index is 603. The van der Waals surface area contributed by atoms with Gasteiger partial charge in [0.05, 0.1) is 6.61 Å². The van der Waals surface area contributed by atoms with Gasteiger partial charge in [0, 0.05) is 11.5 Å². The molecule has 142 valence electrons. The summed E-state index contributed by atoms with van der Waals surface area (Å²) in [5.41, 5.74) is 3.18. The highest BCUT2D eigenvalue weighted by atomic mass is 32.1. The third-order valence-corrected chi connectivity index (χ3v) is 4.53. The number of rotatable bonds is 7. The summed E-state index contributed by atoms with van der Waals surface area (Å²) in [5, 5.41) is 3.75. The summed E-state index contributed by atoms with van der Waals surface area (Å²) in [6, 6.07) is 8.80. The molecule has 0 spiro atoms. The Morgan fingerprint density at radius 2 is 1.88 bits per heavy atom. The first kappa shape index (κ1) is 20.3. The second-order valence-corrected chi connectivity index (χ2v) is 6.83. The van der Waals surface area contributed by atoms with E-state index in [1.165, 1.54) is 0 Å². The van der Waals surface area contributed by atoms with Gasteiger partial charge in [-0.15, -0.1) is 5.17 Å². The van der Waals surface area contributed by atoms with Crippen molar-refractivity contribution in [1.82, 2.24) is 15.9 Å². The quantitative estimate of drug-likeness (QED) is 0.433. The topological polar surface area (TPSA) is 70.7 Å². The molecule has 2 amide bonds. The van der Waals surface area contributed by atoms with E-state index in [2.05, 4.69) is 17.7 Å². The molecule has 0 aromatic heterocycles. The lowest BCUT2D eigenvalue weighted by atomic mass is 10.1. The molecule has 0 radical (unpaired) electrons. The molecule has 2 rings (SSSR count). The van der Waals surface area contributed by atoms with Crippen molar-refractivity contribution in [2.45, 2.75) is 51.9 Å². The van der Waals surface area contributed by atoms with Crippen molar-refractivity contribution < 1.29 is 14.4 Å². The second kappa shape index (κ2) is 10.9. The Kier molecular flexibility index (Phi) is 8.50. The Hall–Kier alpha value is -1.99. The number of amides is 2. The normalized spacial score (nSPS) is 14.0. The van der Waals surface area contributed by atoms with E-state index in [9.17, 15) is 9.59 Å². The summed E-state index contributed by atoms with van der Waals surface area (Å²) >= 11 is 5.20. The third kappa shape index (κ3) is 6.38. The molecule has 1 aliphatic carbocycles. The number of unbranched alkanes of at least 4 members (excludes halogenated alkanes) is 2. The number of nitrogens with one attached hydrogen (secondary N) is 2. The van der Waals surface area contributed by atoms with Crippen LogP contribution in [0.3, 0.4) is 0 Å². The average molecular weight is 378 g/mol. The monoisotopic (exact) mass is 377 g/mol. The van der Waals surface area contributed by atoms with E-state index < -0.39 is 0 Å². The van der Waals surface area contributed by atoms with Crippen LogP contribution in [0.15, 0.2) is 30.3 Å². The lowest BCUT2D eigenvalue weighted by molar-refractivity contribution is -0.144. The maximum absolute atomic E-state index is 12.7. The van der Waals surface area contributed by atoms with Crippen molar-refractivity contribution in [3.63, 3.8) is 0 Å². The predicted molar refractivity (Wildman–Crippen MR) is 104 cm³/mol. The lowest BCUT2D eigenvalue weighted by Crippen LogP contribution is -2.52. The van der Waals surface area contributed by atoms with Gasteiger partial charge in [0.1, 0.15) is 0 Å². The molecule has 0 bridgehead atoms. The van der Waals surface area contributed by atoms with Crippen LogP contribution < -0.4 is 10.7 Å². The number of hydrogen-bond acceptors (Lipinski definition) is 4. The zero-order valence-corrected chi connectivity index (χ0v) is 16.0. The van der Waals surface area contributed by atoms with E-state index in [0.29, 0.717) is 12.2 Å². The molecule has 26 heavy (non-hydrogen) atoms. The van der Waals surface area contributed by atoms with Crippen molar-refractivity contribution in [2.24, 2.45) is 5.92 Å². The van der Waals surface area contributed by atoms with Gasteiger partial charge in [-0.25, -0.2) is 5.43 Å². The van der Waals surface area contributed by atoms with Crippen molar-refractivity contribution in [3.8, 4) is 0 Å². The molecule has 1 aromatic carbocycles. The van der Waals surface area contributed by atoms with Crippen LogP contribution in [0.1, 0.15) is 62.2 Å². The SMILES string of the molecule is CCCCCON(NC(=S)NC(=O)C1CCCC1)C(=O)c1ccccc1. The average Bonchev–Trinajstić information content (AvgIpc) is 3.19. The van der Waals surface area contributed by atoms with Gasteiger partial charge in [0.2, 0.25) is 5.91 Å². The maximum Gasteiger partial charge on any atom is 0.297 e. The van der Waals surface area contributed by atoms with Crippen molar-refractivity contribution >= 4 is 29.1 Å². The molecular formula is C19H27N3O3S. The zero-order valence-electron chi connectivity index (χ0n) is 15.2. The van der Waals surface area contributed by atoms with E-state index in [0.717, 1.165) is 50.1 Å². The Morgan fingerprint density at radius 1 is 1.19 bits per heavy atom. The van der Waals surface area contributed by atoms with Crippen LogP contribution in [-0.2, 0) is 9.63 Å². The van der Waals surface area contributed by atoms with E-state index >= 15 is 0 Å². The molecule has 6 nitrogen and oxygen atoms in total. The highest BCUT2D eigenvalue weighted by molar-refractivity contribution is 7.80. The second-order valence-electron chi connectivity index (χ2n) is 6.42. The minimum absolute atomic E-state index is 0.00139. The third-order valence-electron chi connectivity index (χ3n) is 4.34. The number of thiocarbonyl (C=S) groups is 1. The van der Waals surface area contributed by atoms with E-state index in [4.69, 9.17) is 17.1 Å². The number of hydrogen-bond donors (Lipinski definition) is 2. The maximum atomic E-state index is 12.7. The van der Waals surface area contributed by atoms with E-state index in [1.807, 2.05) is 6.07 Å². The smallest absolute Gasteiger partial charge is 0.297 e. The number of benzene rings is 1. The summed E-state index contributed by atoms with van der Waals surface area (Å²) in [4.78, 5) is 30.4. The van der Waals surface area contributed by atoms with Gasteiger partial charge in [0.15, 0.2) is 5.11 Å². The molecule has 0 heterocycles. The van der Waals surface area contributed by atoms with Gasteiger partial charge in [-0.1, -0.05) is 50.8 Å². The van der Waals surface area contributed by atoms with Crippen LogP contribution in [0.5, 0.6) is 0 Å². The van der Waals surface area contributed by atoms with Crippen LogP contribution in [0.25, 0.3) is 0 Å². The molecule has 0 saturated heterocycles. The van der Waals surface area contributed by atoms with Gasteiger partial charge in [0.25, 0.3) is 5.91 Å². The highest BCUT2D eigenvalue weighted by Crippen LogP contribution is 2.24. The first-order valence-corrected chi connectivity index (χ1v) is 9.66. The molecule has 7 heteroatoms. The Morgan fingerprint density at radius 3 is 2.54 bits per heavy atom. The van der Waals surface area contributed by atoms with Gasteiger partial charge < -0.3 is 5.32 Å². The summed E-state index contributed by atoms with van der Waals surface area (Å²) in [7, 11) is 0. The fraction of sp³-hybridized carbons (Fsp3) is 0.526. The highest BCUT2D eigenvalue weighted by Gasteiger charge is 2.24. The van der Waals surface area contributed by atoms with Crippen LogP contribution in [0.2, 0.25) is 0 Å². The van der Waals surface area contributed by atoms with Gasteiger partial charge >= 0.3 is 0 Å². The van der Waals surface area contributed by atoms with Crippen molar-refractivity contribution in [1.29, 1.82) is 0 Å². The van der Waals surface area contributed by atoms with Crippen LogP contribution in [0, 0.1) is 5.92 Å². The first-order chi connectivity index (χ1) is 12.6. The largest absolute Gasteiger partial charge is 0.302 e. The van der Waals surface area contributed by atoms with Crippen molar-refractivity contribution in [3.05, 3.63) is 35.9 Å². The number of carbonyl (C=O) groups excluding carboxylic acids is 2. The van der Waals surface area contributed by atoms with Gasteiger partial charge in [-0.05, 0) is 43.6 Å². The van der Waals surface area contributed by atoms with Crippen LogP contribution in [0.4, 0.5) is 0 Å². The standard InChI is InChI=1S/C19H27N3O3S/c1-2-3-9-14-25-22(18(24)16-12-5-4-6-13-16)21-19(26)20-17(23)15-10-7-8-11-15/h4-6,12-13,15H,2-3,7-11,14H2,1H3,(H2,20,21,23,26). The Balaban J connectivity index is 1.94. The minimum atomic E-state index is -0.362. The predicted octanol–water partition coefficient (Wildman–Crippen LogP) is 3.35. The number of hydroxylamine groups is 1. The summed E-state index contributed by atoms with van der Waals surface area (Å²) in [5.74, 6) is -0.462. The van der Waals surface area contributed by atoms with E-state index in [-0.39, 0.29) is 22.8 Å². The fourth-order valence-corrected chi connectivity index (χ4v) is 3.05. The van der Waals surface area contributed by atoms with Gasteiger partial charge in [-0.2, -0.15) is 0 Å².